The zero-order chi connectivity index (χ0) is 14.7. The molecular weight excluding hydrogens is 266 g/mol. The zero-order valence-corrected chi connectivity index (χ0v) is 12.7. The van der Waals surface area contributed by atoms with Crippen LogP contribution < -0.4 is 10.6 Å². The lowest BCUT2D eigenvalue weighted by molar-refractivity contribution is -0.123. The smallest absolute Gasteiger partial charge is 0.234 e. The highest BCUT2D eigenvalue weighted by atomic mass is 16.2. The Morgan fingerprint density at radius 3 is 3.00 bits per heavy atom. The van der Waals surface area contributed by atoms with Gasteiger partial charge in [-0.3, -0.25) is 9.69 Å². The molecule has 2 N–H and O–H groups in total. The Hall–Kier alpha value is -1.40. The number of hydrogen-bond acceptors (Lipinski definition) is 4. The van der Waals surface area contributed by atoms with E-state index in [1.807, 2.05) is 24.0 Å². The van der Waals surface area contributed by atoms with Crippen molar-refractivity contribution in [1.82, 2.24) is 25.1 Å². The lowest BCUT2D eigenvalue weighted by atomic mass is 10.1. The highest BCUT2D eigenvalue weighted by Gasteiger charge is 2.28. The molecular formula is C15H25N5O. The van der Waals surface area contributed by atoms with Crippen LogP contribution in [-0.4, -0.2) is 52.6 Å². The van der Waals surface area contributed by atoms with Gasteiger partial charge in [-0.2, -0.15) is 0 Å². The largest absolute Gasteiger partial charge is 0.352 e. The topological polar surface area (TPSA) is 62.2 Å². The maximum absolute atomic E-state index is 12.3. The summed E-state index contributed by atoms with van der Waals surface area (Å²) in [4.78, 5) is 19.0. The number of carbonyl (C=O) groups is 1. The van der Waals surface area contributed by atoms with Gasteiger partial charge in [-0.25, -0.2) is 4.98 Å². The number of aromatic nitrogens is 2. The monoisotopic (exact) mass is 291 g/mol. The van der Waals surface area contributed by atoms with Gasteiger partial charge in [0.05, 0.1) is 12.6 Å². The molecule has 2 heterocycles. The normalized spacial score (nSPS) is 24.3. The summed E-state index contributed by atoms with van der Waals surface area (Å²) in [5.74, 6) is 1.18. The summed E-state index contributed by atoms with van der Waals surface area (Å²) in [6.07, 6.45) is 8.54. The van der Waals surface area contributed by atoms with Gasteiger partial charge in [-0.1, -0.05) is 12.8 Å². The molecule has 1 aliphatic carbocycles. The second-order valence-electron chi connectivity index (χ2n) is 6.14. The third-order valence-corrected chi connectivity index (χ3v) is 4.58. The molecule has 116 valence electrons. The van der Waals surface area contributed by atoms with Gasteiger partial charge in [0, 0.05) is 45.1 Å². The fraction of sp³-hybridized carbons (Fsp3) is 0.733. The van der Waals surface area contributed by atoms with Crippen LogP contribution in [0.2, 0.25) is 0 Å². The first-order valence-corrected chi connectivity index (χ1v) is 7.95. The number of piperazine rings is 1. The van der Waals surface area contributed by atoms with E-state index in [4.69, 9.17) is 0 Å². The van der Waals surface area contributed by atoms with E-state index in [0.29, 0.717) is 12.6 Å². The molecule has 6 nitrogen and oxygen atoms in total. The van der Waals surface area contributed by atoms with Crippen LogP contribution in [0.3, 0.4) is 0 Å². The third kappa shape index (κ3) is 3.44. The molecule has 1 aromatic heterocycles. The highest BCUT2D eigenvalue weighted by Crippen LogP contribution is 2.21. The molecule has 0 bridgehead atoms. The van der Waals surface area contributed by atoms with Gasteiger partial charge < -0.3 is 15.2 Å². The minimum atomic E-state index is 0.156. The molecule has 0 radical (unpaired) electrons. The van der Waals surface area contributed by atoms with E-state index in [1.54, 1.807) is 0 Å². The van der Waals surface area contributed by atoms with Gasteiger partial charge in [0.2, 0.25) is 5.91 Å². The van der Waals surface area contributed by atoms with Crippen molar-refractivity contribution in [3.05, 3.63) is 18.2 Å². The summed E-state index contributed by atoms with van der Waals surface area (Å²) in [7, 11) is 2.01. The fourth-order valence-corrected chi connectivity index (χ4v) is 3.42. The SMILES string of the molecule is Cn1ccnc1C1CNCCN1CC(=O)NC1CCCC1. The van der Waals surface area contributed by atoms with Gasteiger partial charge in [0.25, 0.3) is 0 Å². The first kappa shape index (κ1) is 14.5. The molecule has 0 spiro atoms. The standard InChI is InChI=1S/C15H25N5O/c1-19-8-7-17-15(19)13-10-16-6-9-20(13)11-14(21)18-12-4-2-3-5-12/h7-8,12-13,16H,2-6,9-11H2,1H3,(H,18,21). The van der Waals surface area contributed by atoms with E-state index in [9.17, 15) is 4.79 Å². The summed E-state index contributed by atoms with van der Waals surface area (Å²) in [5, 5.41) is 6.58. The first-order valence-electron chi connectivity index (χ1n) is 7.95. The van der Waals surface area contributed by atoms with E-state index in [2.05, 4.69) is 20.5 Å². The molecule has 21 heavy (non-hydrogen) atoms. The van der Waals surface area contributed by atoms with Crippen molar-refractivity contribution >= 4 is 5.91 Å². The van der Waals surface area contributed by atoms with E-state index >= 15 is 0 Å². The molecule has 1 unspecified atom stereocenters. The van der Waals surface area contributed by atoms with Crippen LogP contribution in [0.25, 0.3) is 0 Å². The van der Waals surface area contributed by atoms with E-state index in [-0.39, 0.29) is 11.9 Å². The van der Waals surface area contributed by atoms with Gasteiger partial charge in [-0.15, -0.1) is 0 Å². The second-order valence-corrected chi connectivity index (χ2v) is 6.14. The van der Waals surface area contributed by atoms with Crippen LogP contribution in [0.1, 0.15) is 37.5 Å². The van der Waals surface area contributed by atoms with Crippen LogP contribution in [0.5, 0.6) is 0 Å². The maximum atomic E-state index is 12.3. The van der Waals surface area contributed by atoms with Crippen LogP contribution in [-0.2, 0) is 11.8 Å². The number of nitrogens with zero attached hydrogens (tertiary/aromatic N) is 3. The Kier molecular flexibility index (Phi) is 4.55. The summed E-state index contributed by atoms with van der Waals surface area (Å²) >= 11 is 0. The molecule has 1 atom stereocenters. The van der Waals surface area contributed by atoms with Crippen LogP contribution >= 0.6 is 0 Å². The minimum Gasteiger partial charge on any atom is -0.352 e. The number of amides is 1. The van der Waals surface area contributed by atoms with Gasteiger partial charge in [-0.05, 0) is 12.8 Å². The number of aryl methyl sites for hydroxylation is 1. The molecule has 1 aliphatic heterocycles. The Bertz CT molecular complexity index is 480. The van der Waals surface area contributed by atoms with E-state index in [0.717, 1.165) is 38.3 Å². The molecule has 3 rings (SSSR count). The fourth-order valence-electron chi connectivity index (χ4n) is 3.42. The van der Waals surface area contributed by atoms with E-state index < -0.39 is 0 Å². The van der Waals surface area contributed by atoms with Crippen LogP contribution in [0.15, 0.2) is 12.4 Å². The van der Waals surface area contributed by atoms with Crippen molar-refractivity contribution < 1.29 is 4.79 Å². The third-order valence-electron chi connectivity index (χ3n) is 4.58. The molecule has 6 heteroatoms. The molecule has 2 fully saturated rings. The first-order chi connectivity index (χ1) is 10.2. The van der Waals surface area contributed by atoms with Crippen molar-refractivity contribution in [2.45, 2.75) is 37.8 Å². The number of rotatable bonds is 4. The lowest BCUT2D eigenvalue weighted by Crippen LogP contribution is -2.51. The average Bonchev–Trinajstić information content (AvgIpc) is 3.11. The quantitative estimate of drug-likeness (QED) is 0.844. The minimum absolute atomic E-state index is 0.156. The Morgan fingerprint density at radius 1 is 1.48 bits per heavy atom. The summed E-state index contributed by atoms with van der Waals surface area (Å²) < 4.78 is 2.04. The molecule has 0 aromatic carbocycles. The zero-order valence-electron chi connectivity index (χ0n) is 12.7. The Balaban J connectivity index is 1.61. The van der Waals surface area contributed by atoms with Crippen LogP contribution in [0, 0.1) is 0 Å². The number of nitrogens with one attached hydrogen (secondary N) is 2. The second kappa shape index (κ2) is 6.58. The van der Waals surface area contributed by atoms with Gasteiger partial charge >= 0.3 is 0 Å². The maximum Gasteiger partial charge on any atom is 0.234 e. The predicted molar refractivity (Wildman–Crippen MR) is 80.8 cm³/mol. The lowest BCUT2D eigenvalue weighted by Gasteiger charge is -2.35. The molecule has 1 amide bonds. The van der Waals surface area contributed by atoms with E-state index in [1.165, 1.54) is 12.8 Å². The van der Waals surface area contributed by atoms with Crippen molar-refractivity contribution in [2.75, 3.05) is 26.2 Å². The van der Waals surface area contributed by atoms with Crippen molar-refractivity contribution in [3.63, 3.8) is 0 Å². The summed E-state index contributed by atoms with van der Waals surface area (Å²) in [6, 6.07) is 0.570. The Labute approximate surface area is 125 Å². The Morgan fingerprint density at radius 2 is 2.29 bits per heavy atom. The highest BCUT2D eigenvalue weighted by molar-refractivity contribution is 5.78. The predicted octanol–water partition coefficient (Wildman–Crippen LogP) is 0.425. The molecule has 1 saturated carbocycles. The van der Waals surface area contributed by atoms with Crippen molar-refractivity contribution in [1.29, 1.82) is 0 Å². The van der Waals surface area contributed by atoms with Crippen molar-refractivity contribution in [2.24, 2.45) is 7.05 Å². The number of imidazole rings is 1. The molecule has 2 aliphatic rings. The summed E-state index contributed by atoms with van der Waals surface area (Å²) in [5.41, 5.74) is 0. The van der Waals surface area contributed by atoms with Crippen LogP contribution in [0.4, 0.5) is 0 Å². The number of carbonyl (C=O) groups excluding carboxylic acids is 1. The van der Waals surface area contributed by atoms with Gasteiger partial charge in [0.15, 0.2) is 0 Å². The summed E-state index contributed by atoms with van der Waals surface area (Å²) in [6.45, 7) is 3.13. The average molecular weight is 291 g/mol. The van der Waals surface area contributed by atoms with Crippen molar-refractivity contribution in [3.8, 4) is 0 Å². The number of hydrogen-bond donors (Lipinski definition) is 2. The molecule has 1 saturated heterocycles. The van der Waals surface area contributed by atoms with Gasteiger partial charge in [0.1, 0.15) is 5.82 Å². The molecule has 1 aromatic rings.